The highest BCUT2D eigenvalue weighted by Crippen LogP contribution is 2.27. The maximum absolute atomic E-state index is 12.4. The second-order valence-corrected chi connectivity index (χ2v) is 6.35. The number of methoxy groups -OCH3 is 1. The van der Waals surface area contributed by atoms with E-state index in [4.69, 9.17) is 10.5 Å². The van der Waals surface area contributed by atoms with E-state index in [1.165, 1.54) is 10.5 Å². The van der Waals surface area contributed by atoms with Crippen LogP contribution in [0.5, 0.6) is 0 Å². The molecule has 1 aliphatic heterocycles. The minimum atomic E-state index is -3.57. The molecule has 0 spiro atoms. The number of nitrogens with zero attached hydrogens (tertiary/aromatic N) is 2. The van der Waals surface area contributed by atoms with Crippen molar-refractivity contribution >= 4 is 15.8 Å². The van der Waals surface area contributed by atoms with Gasteiger partial charge in [0.05, 0.1) is 12.3 Å². The average Bonchev–Trinajstić information content (AvgIpc) is 2.75. The van der Waals surface area contributed by atoms with Crippen molar-refractivity contribution in [3.8, 4) is 0 Å². The summed E-state index contributed by atoms with van der Waals surface area (Å²) in [6.45, 7) is 2.31. The number of H-pyrrole nitrogens is 1. The summed E-state index contributed by atoms with van der Waals surface area (Å²) in [7, 11) is -1.92. The lowest BCUT2D eigenvalue weighted by atomic mass is 10.0. The molecule has 2 heterocycles. The molecule has 7 nitrogen and oxygen atoms in total. The zero-order chi connectivity index (χ0) is 13.3. The van der Waals surface area contributed by atoms with Crippen LogP contribution in [-0.4, -0.2) is 48.7 Å². The molecular formula is C10H18N4O3S. The fraction of sp³-hybridized carbons (Fsp3) is 0.700. The number of anilines is 1. The molecule has 0 amide bonds. The van der Waals surface area contributed by atoms with Crippen LogP contribution >= 0.6 is 0 Å². The second-order valence-electron chi connectivity index (χ2n) is 4.49. The van der Waals surface area contributed by atoms with Crippen molar-refractivity contribution < 1.29 is 13.2 Å². The lowest BCUT2D eigenvalue weighted by Gasteiger charge is -2.35. The van der Waals surface area contributed by atoms with E-state index < -0.39 is 10.0 Å². The highest BCUT2D eigenvalue weighted by molar-refractivity contribution is 7.89. The summed E-state index contributed by atoms with van der Waals surface area (Å²) in [5, 5.41) is 6.10. The van der Waals surface area contributed by atoms with Crippen LogP contribution in [0.15, 0.2) is 11.1 Å². The standard InChI is InChI=1S/C10H18N4O3S/c1-7-5-8(17-2)3-4-14(7)18(15,16)9-6-12-13-10(9)11/h6-8H,3-5H2,1-2H3,(H3,11,12,13). The van der Waals surface area contributed by atoms with Crippen molar-refractivity contribution in [2.45, 2.75) is 36.8 Å². The fourth-order valence-electron chi connectivity index (χ4n) is 2.30. The SMILES string of the molecule is COC1CCN(S(=O)(=O)c2cn[nH]c2N)C(C)C1. The number of nitrogen functional groups attached to an aromatic ring is 1. The lowest BCUT2D eigenvalue weighted by molar-refractivity contribution is 0.0422. The molecule has 0 aromatic carbocycles. The van der Waals surface area contributed by atoms with Gasteiger partial charge in [0.2, 0.25) is 10.0 Å². The normalized spacial score (nSPS) is 26.3. The first-order valence-corrected chi connectivity index (χ1v) is 7.24. The highest BCUT2D eigenvalue weighted by atomic mass is 32.2. The van der Waals surface area contributed by atoms with E-state index in [0.717, 1.165) is 0 Å². The van der Waals surface area contributed by atoms with Gasteiger partial charge in [-0.2, -0.15) is 9.40 Å². The molecule has 0 saturated carbocycles. The van der Waals surface area contributed by atoms with E-state index in [1.807, 2.05) is 6.92 Å². The Morgan fingerprint density at radius 3 is 2.83 bits per heavy atom. The predicted octanol–water partition coefficient (Wildman–Crippen LogP) is 0.180. The van der Waals surface area contributed by atoms with Gasteiger partial charge in [-0.25, -0.2) is 8.42 Å². The zero-order valence-corrected chi connectivity index (χ0v) is 11.3. The number of nitrogens with two attached hydrogens (primary N) is 1. The summed E-state index contributed by atoms with van der Waals surface area (Å²) >= 11 is 0. The Labute approximate surface area is 106 Å². The minimum Gasteiger partial charge on any atom is -0.383 e. The van der Waals surface area contributed by atoms with Crippen molar-refractivity contribution in [2.75, 3.05) is 19.4 Å². The van der Waals surface area contributed by atoms with Crippen molar-refractivity contribution in [1.29, 1.82) is 0 Å². The third-order valence-corrected chi connectivity index (χ3v) is 5.36. The van der Waals surface area contributed by atoms with Crippen LogP contribution in [0.25, 0.3) is 0 Å². The Kier molecular flexibility index (Phi) is 3.60. The molecule has 8 heteroatoms. The van der Waals surface area contributed by atoms with Crippen molar-refractivity contribution in [3.05, 3.63) is 6.20 Å². The minimum absolute atomic E-state index is 0.0465. The largest absolute Gasteiger partial charge is 0.383 e. The molecule has 2 unspecified atom stereocenters. The Balaban J connectivity index is 2.24. The van der Waals surface area contributed by atoms with E-state index in [1.54, 1.807) is 7.11 Å². The fourth-order valence-corrected chi connectivity index (χ4v) is 3.96. The van der Waals surface area contributed by atoms with Crippen LogP contribution in [0.2, 0.25) is 0 Å². The summed E-state index contributed by atoms with van der Waals surface area (Å²) in [4.78, 5) is 0.0465. The van der Waals surface area contributed by atoms with Gasteiger partial charge in [0.15, 0.2) is 0 Å². The number of sulfonamides is 1. The van der Waals surface area contributed by atoms with E-state index in [-0.39, 0.29) is 22.9 Å². The smallest absolute Gasteiger partial charge is 0.248 e. The summed E-state index contributed by atoms with van der Waals surface area (Å²) in [6, 6.07) is -0.108. The third-order valence-electron chi connectivity index (χ3n) is 3.32. The molecule has 1 fully saturated rings. The predicted molar refractivity (Wildman–Crippen MR) is 66.4 cm³/mol. The monoisotopic (exact) mass is 274 g/mol. The van der Waals surface area contributed by atoms with Gasteiger partial charge in [0.25, 0.3) is 0 Å². The number of hydrogen-bond donors (Lipinski definition) is 2. The van der Waals surface area contributed by atoms with Gasteiger partial charge in [0.1, 0.15) is 10.7 Å². The van der Waals surface area contributed by atoms with Crippen LogP contribution in [0, 0.1) is 0 Å². The van der Waals surface area contributed by atoms with Crippen LogP contribution in [0.3, 0.4) is 0 Å². The highest BCUT2D eigenvalue weighted by Gasteiger charge is 2.36. The van der Waals surface area contributed by atoms with Crippen LogP contribution in [0.1, 0.15) is 19.8 Å². The molecule has 102 valence electrons. The molecule has 2 atom stereocenters. The van der Waals surface area contributed by atoms with Gasteiger partial charge in [-0.05, 0) is 19.8 Å². The Morgan fingerprint density at radius 2 is 2.33 bits per heavy atom. The van der Waals surface area contributed by atoms with E-state index in [2.05, 4.69) is 10.2 Å². The van der Waals surface area contributed by atoms with Gasteiger partial charge < -0.3 is 10.5 Å². The van der Waals surface area contributed by atoms with Gasteiger partial charge in [-0.15, -0.1) is 0 Å². The third kappa shape index (κ3) is 2.23. The number of aromatic amines is 1. The van der Waals surface area contributed by atoms with E-state index >= 15 is 0 Å². The van der Waals surface area contributed by atoms with Gasteiger partial charge in [-0.3, -0.25) is 5.10 Å². The number of piperidine rings is 1. The molecule has 1 aromatic rings. The maximum atomic E-state index is 12.4. The van der Waals surface area contributed by atoms with Crippen molar-refractivity contribution in [1.82, 2.24) is 14.5 Å². The van der Waals surface area contributed by atoms with Gasteiger partial charge >= 0.3 is 0 Å². The van der Waals surface area contributed by atoms with Crippen LogP contribution in [-0.2, 0) is 14.8 Å². The molecule has 0 radical (unpaired) electrons. The Bertz CT molecular complexity index is 513. The number of aromatic nitrogens is 2. The van der Waals surface area contributed by atoms with E-state index in [0.29, 0.717) is 19.4 Å². The zero-order valence-electron chi connectivity index (χ0n) is 10.5. The summed E-state index contributed by atoms with van der Waals surface area (Å²) < 4.78 is 31.6. The molecule has 1 aromatic heterocycles. The quantitative estimate of drug-likeness (QED) is 0.818. The first kappa shape index (κ1) is 13.3. The summed E-state index contributed by atoms with van der Waals surface area (Å²) in [5.74, 6) is 0.0797. The summed E-state index contributed by atoms with van der Waals surface area (Å²) in [6.07, 6.45) is 2.75. The molecule has 0 bridgehead atoms. The number of rotatable bonds is 3. The molecule has 3 N–H and O–H groups in total. The molecular weight excluding hydrogens is 256 g/mol. The van der Waals surface area contributed by atoms with Gasteiger partial charge in [0, 0.05) is 19.7 Å². The van der Waals surface area contributed by atoms with Crippen molar-refractivity contribution in [2.24, 2.45) is 0 Å². The molecule has 2 rings (SSSR count). The first-order valence-electron chi connectivity index (χ1n) is 5.80. The summed E-state index contributed by atoms with van der Waals surface area (Å²) in [5.41, 5.74) is 5.58. The molecule has 1 aliphatic rings. The first-order chi connectivity index (χ1) is 8.46. The molecule has 1 saturated heterocycles. The van der Waals surface area contributed by atoms with E-state index in [9.17, 15) is 8.42 Å². The number of ether oxygens (including phenoxy) is 1. The molecule has 0 aliphatic carbocycles. The number of nitrogens with one attached hydrogen (secondary N) is 1. The second kappa shape index (κ2) is 4.87. The van der Waals surface area contributed by atoms with Crippen molar-refractivity contribution in [3.63, 3.8) is 0 Å². The average molecular weight is 274 g/mol. The topological polar surface area (TPSA) is 101 Å². The maximum Gasteiger partial charge on any atom is 0.248 e. The van der Waals surface area contributed by atoms with Crippen LogP contribution in [0.4, 0.5) is 5.82 Å². The Hall–Kier alpha value is -1.12. The van der Waals surface area contributed by atoms with Crippen LogP contribution < -0.4 is 5.73 Å². The molecule has 18 heavy (non-hydrogen) atoms. The Morgan fingerprint density at radius 1 is 1.61 bits per heavy atom. The van der Waals surface area contributed by atoms with Gasteiger partial charge in [-0.1, -0.05) is 0 Å². The number of hydrogen-bond acceptors (Lipinski definition) is 5. The lowest BCUT2D eigenvalue weighted by Crippen LogP contribution is -2.46.